The van der Waals surface area contributed by atoms with Crippen LogP contribution in [0.1, 0.15) is 18.9 Å². The molecule has 2 nitrogen and oxygen atoms in total. The topological polar surface area (TPSA) is 43.1 Å². The minimum absolute atomic E-state index is 0.0360. The zero-order valence-corrected chi connectivity index (χ0v) is 9.93. The second kappa shape index (κ2) is 5.97. The summed E-state index contributed by atoms with van der Waals surface area (Å²) in [7, 11) is 0. The van der Waals surface area contributed by atoms with Crippen LogP contribution in [0.3, 0.4) is 0 Å². The summed E-state index contributed by atoms with van der Waals surface area (Å²) in [4.78, 5) is 11.7. The average Bonchev–Trinajstić information content (AvgIpc) is 2.25. The van der Waals surface area contributed by atoms with Crippen molar-refractivity contribution >= 4 is 17.4 Å². The molecule has 0 saturated heterocycles. The summed E-state index contributed by atoms with van der Waals surface area (Å²) in [5.74, 6) is -0.630. The number of carbonyl (C=O) groups excluding carboxylic acids is 1. The number of nitrogens with two attached hydrogens (primary N) is 1. The second-order valence-electron chi connectivity index (χ2n) is 3.72. The lowest BCUT2D eigenvalue weighted by atomic mass is 9.95. The van der Waals surface area contributed by atoms with Crippen LogP contribution in [0.15, 0.2) is 18.2 Å². The molecule has 4 heteroatoms. The third-order valence-corrected chi connectivity index (χ3v) is 2.84. The summed E-state index contributed by atoms with van der Waals surface area (Å²) in [6.45, 7) is 2.20. The molecule has 0 aliphatic carbocycles. The van der Waals surface area contributed by atoms with Gasteiger partial charge in [-0.3, -0.25) is 4.79 Å². The van der Waals surface area contributed by atoms with E-state index in [1.54, 1.807) is 0 Å². The van der Waals surface area contributed by atoms with Gasteiger partial charge in [-0.1, -0.05) is 18.5 Å². The molecule has 0 fully saturated rings. The highest BCUT2D eigenvalue weighted by Crippen LogP contribution is 2.17. The zero-order valence-electron chi connectivity index (χ0n) is 9.17. The van der Waals surface area contributed by atoms with E-state index in [0.717, 1.165) is 0 Å². The van der Waals surface area contributed by atoms with Crippen LogP contribution in [0.2, 0.25) is 5.02 Å². The molecule has 0 spiro atoms. The summed E-state index contributed by atoms with van der Waals surface area (Å²) in [6, 6.07) is 4.22. The zero-order chi connectivity index (χ0) is 12.1. The number of rotatable bonds is 5. The first-order valence-corrected chi connectivity index (χ1v) is 5.63. The molecule has 2 N–H and O–H groups in total. The van der Waals surface area contributed by atoms with Crippen LogP contribution in [0, 0.1) is 11.7 Å². The molecule has 0 radical (unpaired) electrons. The van der Waals surface area contributed by atoms with Crippen LogP contribution < -0.4 is 5.73 Å². The number of hydrogen-bond acceptors (Lipinski definition) is 2. The van der Waals surface area contributed by atoms with Crippen molar-refractivity contribution < 1.29 is 9.18 Å². The van der Waals surface area contributed by atoms with Gasteiger partial charge in [0.05, 0.1) is 0 Å². The molecule has 0 aliphatic heterocycles. The van der Waals surface area contributed by atoms with Crippen LogP contribution >= 0.6 is 11.6 Å². The Labute approximate surface area is 99.6 Å². The number of benzene rings is 1. The van der Waals surface area contributed by atoms with Gasteiger partial charge in [0.1, 0.15) is 11.6 Å². The summed E-state index contributed by atoms with van der Waals surface area (Å²) >= 11 is 5.74. The molecule has 1 aromatic rings. The normalized spacial score (nSPS) is 12.5. The fraction of sp³-hybridized carbons (Fsp3) is 0.417. The van der Waals surface area contributed by atoms with Crippen LogP contribution in [-0.4, -0.2) is 12.3 Å². The lowest BCUT2D eigenvalue weighted by Gasteiger charge is -2.11. The maximum atomic E-state index is 13.4. The van der Waals surface area contributed by atoms with Crippen molar-refractivity contribution in [3.63, 3.8) is 0 Å². The van der Waals surface area contributed by atoms with Gasteiger partial charge >= 0.3 is 0 Å². The lowest BCUT2D eigenvalue weighted by Crippen LogP contribution is -2.24. The highest BCUT2D eigenvalue weighted by atomic mass is 35.5. The van der Waals surface area contributed by atoms with Gasteiger partial charge in [0.25, 0.3) is 0 Å². The van der Waals surface area contributed by atoms with E-state index in [0.29, 0.717) is 23.6 Å². The number of carbonyl (C=O) groups is 1. The fourth-order valence-electron chi connectivity index (χ4n) is 1.54. The van der Waals surface area contributed by atoms with Crippen LogP contribution in [0.4, 0.5) is 4.39 Å². The molecule has 0 bridgehead atoms. The van der Waals surface area contributed by atoms with E-state index in [2.05, 4.69) is 0 Å². The van der Waals surface area contributed by atoms with Gasteiger partial charge in [-0.15, -0.1) is 0 Å². The lowest BCUT2D eigenvalue weighted by molar-refractivity contribution is -0.122. The molecule has 16 heavy (non-hydrogen) atoms. The number of Topliss-reactive ketones (excluding diaryl/α,β-unsaturated/α-hetero) is 1. The van der Waals surface area contributed by atoms with Crippen LogP contribution in [0.25, 0.3) is 0 Å². The second-order valence-corrected chi connectivity index (χ2v) is 4.16. The molecule has 0 aromatic heterocycles. The average molecular weight is 244 g/mol. The highest BCUT2D eigenvalue weighted by Gasteiger charge is 2.16. The molecule has 0 heterocycles. The molecule has 1 atom stereocenters. The largest absolute Gasteiger partial charge is 0.330 e. The predicted octanol–water partition coefficient (Wildman–Crippen LogP) is 2.58. The van der Waals surface area contributed by atoms with Crippen molar-refractivity contribution in [2.45, 2.75) is 19.8 Å². The molecule has 0 saturated carbocycles. The van der Waals surface area contributed by atoms with Crippen molar-refractivity contribution in [3.05, 3.63) is 34.6 Å². The SMILES string of the molecule is CCC(CN)C(=O)Cc1cc(Cl)ccc1F. The van der Waals surface area contributed by atoms with Crippen molar-refractivity contribution in [3.8, 4) is 0 Å². The maximum absolute atomic E-state index is 13.4. The number of halogens is 2. The van der Waals surface area contributed by atoms with E-state index < -0.39 is 5.82 Å². The smallest absolute Gasteiger partial charge is 0.141 e. The van der Waals surface area contributed by atoms with Crippen molar-refractivity contribution in [1.82, 2.24) is 0 Å². The quantitative estimate of drug-likeness (QED) is 0.864. The first-order chi connectivity index (χ1) is 7.58. The fourth-order valence-corrected chi connectivity index (χ4v) is 1.73. The molecule has 1 aromatic carbocycles. The van der Waals surface area contributed by atoms with Gasteiger partial charge in [0.15, 0.2) is 0 Å². The first-order valence-electron chi connectivity index (χ1n) is 5.25. The van der Waals surface area contributed by atoms with E-state index in [1.165, 1.54) is 18.2 Å². The standard InChI is InChI=1S/C12H15ClFNO/c1-2-8(7-15)12(16)6-9-5-10(13)3-4-11(9)14/h3-5,8H,2,6-7,15H2,1H3. The third kappa shape index (κ3) is 3.29. The van der Waals surface area contributed by atoms with E-state index in [4.69, 9.17) is 17.3 Å². The van der Waals surface area contributed by atoms with Gasteiger partial charge in [-0.25, -0.2) is 4.39 Å². The van der Waals surface area contributed by atoms with Gasteiger partial charge < -0.3 is 5.73 Å². The van der Waals surface area contributed by atoms with Crippen molar-refractivity contribution in [2.75, 3.05) is 6.54 Å². The Bertz CT molecular complexity index is 377. The Balaban J connectivity index is 2.80. The molecule has 1 rings (SSSR count). The Morgan fingerprint density at radius 1 is 1.56 bits per heavy atom. The molecular weight excluding hydrogens is 229 g/mol. The summed E-state index contributed by atoms with van der Waals surface area (Å²) in [6.07, 6.45) is 0.736. The first kappa shape index (κ1) is 13.1. The third-order valence-electron chi connectivity index (χ3n) is 2.61. The summed E-state index contributed by atoms with van der Waals surface area (Å²) < 4.78 is 13.4. The highest BCUT2D eigenvalue weighted by molar-refractivity contribution is 6.30. The summed E-state index contributed by atoms with van der Waals surface area (Å²) in [5, 5.41) is 0.435. The Hall–Kier alpha value is -0.930. The monoisotopic (exact) mass is 243 g/mol. The van der Waals surface area contributed by atoms with Crippen molar-refractivity contribution in [1.29, 1.82) is 0 Å². The van der Waals surface area contributed by atoms with E-state index in [9.17, 15) is 9.18 Å². The molecule has 1 unspecified atom stereocenters. The Morgan fingerprint density at radius 2 is 2.25 bits per heavy atom. The van der Waals surface area contributed by atoms with E-state index >= 15 is 0 Å². The number of ketones is 1. The predicted molar refractivity (Wildman–Crippen MR) is 63.0 cm³/mol. The minimum Gasteiger partial charge on any atom is -0.330 e. The van der Waals surface area contributed by atoms with Crippen LogP contribution in [0.5, 0.6) is 0 Å². The number of hydrogen-bond donors (Lipinski definition) is 1. The van der Waals surface area contributed by atoms with Gasteiger partial charge in [0, 0.05) is 23.9 Å². The Morgan fingerprint density at radius 3 is 2.81 bits per heavy atom. The maximum Gasteiger partial charge on any atom is 0.141 e. The molecular formula is C12H15ClFNO. The van der Waals surface area contributed by atoms with Gasteiger partial charge in [0.2, 0.25) is 0 Å². The summed E-state index contributed by atoms with van der Waals surface area (Å²) in [5.41, 5.74) is 5.80. The molecule has 88 valence electrons. The van der Waals surface area contributed by atoms with Gasteiger partial charge in [-0.05, 0) is 30.2 Å². The van der Waals surface area contributed by atoms with E-state index in [-0.39, 0.29) is 18.1 Å². The van der Waals surface area contributed by atoms with E-state index in [1.807, 2.05) is 6.92 Å². The van der Waals surface area contributed by atoms with Crippen molar-refractivity contribution in [2.24, 2.45) is 11.7 Å². The Kier molecular flexibility index (Phi) is 4.90. The molecule has 0 amide bonds. The molecule has 0 aliphatic rings. The van der Waals surface area contributed by atoms with Gasteiger partial charge in [-0.2, -0.15) is 0 Å². The van der Waals surface area contributed by atoms with Crippen LogP contribution in [-0.2, 0) is 11.2 Å². The minimum atomic E-state index is -0.398.